The topological polar surface area (TPSA) is 29.9 Å². The third-order valence-electron chi connectivity index (χ3n) is 3.06. The molecular formula is C15H20FN3. The maximum Gasteiger partial charge on any atom is 0.139 e. The molecule has 0 amide bonds. The van der Waals surface area contributed by atoms with Crippen LogP contribution in [-0.4, -0.2) is 16.1 Å². The molecule has 0 bridgehead atoms. The van der Waals surface area contributed by atoms with E-state index in [2.05, 4.69) is 21.8 Å². The highest BCUT2D eigenvalue weighted by atomic mass is 19.1. The minimum absolute atomic E-state index is 0.176. The van der Waals surface area contributed by atoms with Gasteiger partial charge in [-0.2, -0.15) is 0 Å². The Morgan fingerprint density at radius 2 is 2.16 bits per heavy atom. The molecule has 4 heteroatoms. The molecule has 0 aliphatic rings. The molecule has 2 rings (SSSR count). The van der Waals surface area contributed by atoms with Crippen LogP contribution in [0, 0.1) is 5.82 Å². The SMILES string of the molecule is CCCn1ccnc1-c1ccc(CNCC)c(F)c1. The van der Waals surface area contributed by atoms with Crippen LogP contribution in [0.15, 0.2) is 30.6 Å². The Hall–Kier alpha value is -1.68. The second kappa shape index (κ2) is 6.48. The molecule has 0 aliphatic carbocycles. The molecule has 1 aromatic heterocycles. The van der Waals surface area contributed by atoms with E-state index in [1.165, 1.54) is 0 Å². The average Bonchev–Trinajstić information content (AvgIpc) is 2.86. The lowest BCUT2D eigenvalue weighted by atomic mass is 10.1. The van der Waals surface area contributed by atoms with Crippen molar-refractivity contribution < 1.29 is 4.39 Å². The Kier molecular flexibility index (Phi) is 4.68. The van der Waals surface area contributed by atoms with E-state index in [4.69, 9.17) is 0 Å². The average molecular weight is 261 g/mol. The number of imidazole rings is 1. The first-order chi connectivity index (χ1) is 9.26. The molecule has 102 valence electrons. The van der Waals surface area contributed by atoms with E-state index >= 15 is 0 Å². The Balaban J connectivity index is 2.25. The monoisotopic (exact) mass is 261 g/mol. The van der Waals surface area contributed by atoms with Crippen molar-refractivity contribution in [3.05, 3.63) is 42.0 Å². The number of benzene rings is 1. The number of aryl methyl sites for hydroxylation is 1. The fourth-order valence-electron chi connectivity index (χ4n) is 2.08. The number of rotatable bonds is 6. The van der Waals surface area contributed by atoms with Gasteiger partial charge in [-0.3, -0.25) is 0 Å². The Labute approximate surface area is 113 Å². The van der Waals surface area contributed by atoms with Crippen LogP contribution in [0.5, 0.6) is 0 Å². The van der Waals surface area contributed by atoms with E-state index in [9.17, 15) is 4.39 Å². The molecule has 1 N–H and O–H groups in total. The summed E-state index contributed by atoms with van der Waals surface area (Å²) < 4.78 is 16.1. The van der Waals surface area contributed by atoms with E-state index in [1.54, 1.807) is 12.3 Å². The van der Waals surface area contributed by atoms with Crippen molar-refractivity contribution in [2.75, 3.05) is 6.54 Å². The number of nitrogens with one attached hydrogen (secondary N) is 1. The number of hydrogen-bond donors (Lipinski definition) is 1. The molecule has 0 saturated carbocycles. The van der Waals surface area contributed by atoms with Gasteiger partial charge < -0.3 is 9.88 Å². The summed E-state index contributed by atoms with van der Waals surface area (Å²) in [5.41, 5.74) is 1.52. The molecule has 0 fully saturated rings. The normalized spacial score (nSPS) is 10.9. The number of halogens is 1. The first-order valence-corrected chi connectivity index (χ1v) is 6.77. The van der Waals surface area contributed by atoms with Crippen molar-refractivity contribution in [1.29, 1.82) is 0 Å². The van der Waals surface area contributed by atoms with Crippen molar-refractivity contribution in [3.8, 4) is 11.4 Å². The summed E-state index contributed by atoms with van der Waals surface area (Å²) >= 11 is 0. The van der Waals surface area contributed by atoms with Gasteiger partial charge in [0.2, 0.25) is 0 Å². The largest absolute Gasteiger partial charge is 0.331 e. The lowest BCUT2D eigenvalue weighted by molar-refractivity contribution is 0.593. The lowest BCUT2D eigenvalue weighted by Crippen LogP contribution is -2.13. The molecule has 0 spiro atoms. The van der Waals surface area contributed by atoms with Crippen LogP contribution in [0.25, 0.3) is 11.4 Å². The first kappa shape index (κ1) is 13.7. The molecule has 1 heterocycles. The number of aromatic nitrogens is 2. The van der Waals surface area contributed by atoms with Gasteiger partial charge in [0.15, 0.2) is 0 Å². The second-order valence-electron chi connectivity index (χ2n) is 4.53. The Morgan fingerprint density at radius 1 is 1.32 bits per heavy atom. The summed E-state index contributed by atoms with van der Waals surface area (Å²) in [6.07, 6.45) is 4.73. The minimum Gasteiger partial charge on any atom is -0.331 e. The van der Waals surface area contributed by atoms with Gasteiger partial charge in [-0.05, 0) is 19.0 Å². The van der Waals surface area contributed by atoms with Gasteiger partial charge in [-0.25, -0.2) is 9.37 Å². The molecule has 0 aliphatic heterocycles. The predicted octanol–water partition coefficient (Wildman–Crippen LogP) is 3.21. The Morgan fingerprint density at radius 3 is 2.84 bits per heavy atom. The first-order valence-electron chi connectivity index (χ1n) is 6.77. The summed E-state index contributed by atoms with van der Waals surface area (Å²) in [4.78, 5) is 4.32. The molecule has 3 nitrogen and oxygen atoms in total. The van der Waals surface area contributed by atoms with Crippen molar-refractivity contribution >= 4 is 0 Å². The van der Waals surface area contributed by atoms with E-state index in [0.717, 1.165) is 30.9 Å². The predicted molar refractivity (Wildman–Crippen MR) is 75.3 cm³/mol. The molecular weight excluding hydrogens is 241 g/mol. The third kappa shape index (κ3) is 3.20. The van der Waals surface area contributed by atoms with E-state index in [0.29, 0.717) is 12.1 Å². The summed E-state index contributed by atoms with van der Waals surface area (Å²) in [5.74, 6) is 0.653. The zero-order valence-corrected chi connectivity index (χ0v) is 11.5. The molecule has 0 saturated heterocycles. The molecule has 0 radical (unpaired) electrons. The van der Waals surface area contributed by atoms with Crippen LogP contribution in [0.1, 0.15) is 25.8 Å². The van der Waals surface area contributed by atoms with Gasteiger partial charge in [0.1, 0.15) is 11.6 Å². The Bertz CT molecular complexity index is 534. The van der Waals surface area contributed by atoms with Gasteiger partial charge in [0.25, 0.3) is 0 Å². The summed E-state index contributed by atoms with van der Waals surface area (Å²) in [7, 11) is 0. The number of hydrogen-bond acceptors (Lipinski definition) is 2. The van der Waals surface area contributed by atoms with Crippen LogP contribution in [0.2, 0.25) is 0 Å². The zero-order chi connectivity index (χ0) is 13.7. The van der Waals surface area contributed by atoms with Gasteiger partial charge in [-0.1, -0.05) is 26.0 Å². The van der Waals surface area contributed by atoms with Gasteiger partial charge in [-0.15, -0.1) is 0 Å². The van der Waals surface area contributed by atoms with Crippen molar-refractivity contribution in [1.82, 2.24) is 14.9 Å². The molecule has 0 unspecified atom stereocenters. The van der Waals surface area contributed by atoms with Crippen LogP contribution >= 0.6 is 0 Å². The maximum atomic E-state index is 14.0. The highest BCUT2D eigenvalue weighted by Crippen LogP contribution is 2.21. The van der Waals surface area contributed by atoms with Crippen LogP contribution in [0.3, 0.4) is 0 Å². The van der Waals surface area contributed by atoms with Gasteiger partial charge >= 0.3 is 0 Å². The molecule has 19 heavy (non-hydrogen) atoms. The van der Waals surface area contributed by atoms with Crippen molar-refractivity contribution in [2.45, 2.75) is 33.4 Å². The molecule has 2 aromatic rings. The van der Waals surface area contributed by atoms with Crippen LogP contribution in [0.4, 0.5) is 4.39 Å². The van der Waals surface area contributed by atoms with Gasteiger partial charge in [0, 0.05) is 36.6 Å². The molecule has 1 aromatic carbocycles. The third-order valence-corrected chi connectivity index (χ3v) is 3.06. The molecule has 0 atom stereocenters. The smallest absolute Gasteiger partial charge is 0.139 e. The second-order valence-corrected chi connectivity index (χ2v) is 4.53. The maximum absolute atomic E-state index is 14.0. The van der Waals surface area contributed by atoms with Gasteiger partial charge in [0.05, 0.1) is 0 Å². The summed E-state index contributed by atoms with van der Waals surface area (Å²) in [6, 6.07) is 5.34. The van der Waals surface area contributed by atoms with E-state index < -0.39 is 0 Å². The van der Waals surface area contributed by atoms with Crippen molar-refractivity contribution in [3.63, 3.8) is 0 Å². The minimum atomic E-state index is -0.176. The lowest BCUT2D eigenvalue weighted by Gasteiger charge is -2.09. The van der Waals surface area contributed by atoms with Crippen LogP contribution < -0.4 is 5.32 Å². The highest BCUT2D eigenvalue weighted by Gasteiger charge is 2.09. The fraction of sp³-hybridized carbons (Fsp3) is 0.400. The fourth-order valence-corrected chi connectivity index (χ4v) is 2.08. The van der Waals surface area contributed by atoms with E-state index in [-0.39, 0.29) is 5.82 Å². The zero-order valence-electron chi connectivity index (χ0n) is 11.5. The summed E-state index contributed by atoms with van der Waals surface area (Å²) in [5, 5.41) is 3.13. The van der Waals surface area contributed by atoms with Crippen LogP contribution in [-0.2, 0) is 13.1 Å². The number of nitrogens with zero attached hydrogens (tertiary/aromatic N) is 2. The standard InChI is InChI=1S/C15H20FN3/c1-3-8-19-9-7-18-15(19)12-5-6-13(11-17-4-2)14(16)10-12/h5-7,9-10,17H,3-4,8,11H2,1-2H3. The highest BCUT2D eigenvalue weighted by molar-refractivity contribution is 5.56. The quantitative estimate of drug-likeness (QED) is 0.865. The van der Waals surface area contributed by atoms with Crippen molar-refractivity contribution in [2.24, 2.45) is 0 Å². The van der Waals surface area contributed by atoms with E-state index in [1.807, 2.05) is 25.3 Å². The summed E-state index contributed by atoms with van der Waals surface area (Å²) in [6.45, 7) is 6.42.